The summed E-state index contributed by atoms with van der Waals surface area (Å²) in [4.78, 5) is 66.9. The van der Waals surface area contributed by atoms with Crippen molar-refractivity contribution in [3.05, 3.63) is 0 Å². The first kappa shape index (κ1) is 37.8. The molecule has 0 aromatic heterocycles. The first-order valence-corrected chi connectivity index (χ1v) is 17.0. The molecule has 45 heavy (non-hydrogen) atoms. The highest BCUT2D eigenvalue weighted by molar-refractivity contribution is 5.97. The molecule has 13 nitrogen and oxygen atoms in total. The van der Waals surface area contributed by atoms with E-state index >= 15 is 0 Å². The molecule has 2 rings (SSSR count). The Bertz CT molecular complexity index is 1020. The summed E-state index contributed by atoms with van der Waals surface area (Å²) in [5.41, 5.74) is -1.41. The zero-order valence-corrected chi connectivity index (χ0v) is 28.0. The van der Waals surface area contributed by atoms with E-state index in [1.807, 2.05) is 0 Å². The number of carbonyl (C=O) groups is 5. The third kappa shape index (κ3) is 12.9. The van der Waals surface area contributed by atoms with E-state index in [9.17, 15) is 24.0 Å². The van der Waals surface area contributed by atoms with Gasteiger partial charge in [0.2, 0.25) is 29.5 Å². The van der Waals surface area contributed by atoms with Crippen molar-refractivity contribution in [2.75, 3.05) is 19.6 Å². The average molecular weight is 635 g/mol. The van der Waals surface area contributed by atoms with Gasteiger partial charge >= 0.3 is 0 Å². The molecule has 1 aliphatic heterocycles. The molecule has 0 aromatic rings. The van der Waals surface area contributed by atoms with E-state index < -0.39 is 41.4 Å². The first-order chi connectivity index (χ1) is 21.4. The molecule has 1 heterocycles. The third-order valence-electron chi connectivity index (χ3n) is 8.74. The van der Waals surface area contributed by atoms with Crippen molar-refractivity contribution in [3.8, 4) is 0 Å². The minimum atomic E-state index is -1.41. The van der Waals surface area contributed by atoms with Crippen LogP contribution in [0.2, 0.25) is 0 Å². The molecule has 0 aromatic carbocycles. The third-order valence-corrected chi connectivity index (χ3v) is 8.74. The highest BCUT2D eigenvalue weighted by atomic mass is 16.2. The fourth-order valence-corrected chi connectivity index (χ4v) is 5.65. The second-order valence-electron chi connectivity index (χ2n) is 13.0. The van der Waals surface area contributed by atoms with Crippen molar-refractivity contribution in [3.63, 3.8) is 0 Å². The van der Waals surface area contributed by atoms with Crippen LogP contribution in [-0.4, -0.2) is 78.8 Å². The molecule has 1 saturated heterocycles. The van der Waals surface area contributed by atoms with Crippen LogP contribution in [0.15, 0.2) is 0 Å². The van der Waals surface area contributed by atoms with Crippen molar-refractivity contribution in [2.24, 2.45) is 11.8 Å². The van der Waals surface area contributed by atoms with Crippen molar-refractivity contribution in [1.29, 1.82) is 5.41 Å². The van der Waals surface area contributed by atoms with Crippen molar-refractivity contribution in [2.45, 2.75) is 135 Å². The SMILES string of the molecule is CCCCNC(=N)NCCC[C@@H]1NC(=O)[C@](C)(NC(=O)C(C)C)CCNC(=O)[C@@H](CC2CCCCC2)NC(=O)[C@H](CC)NC1=O. The van der Waals surface area contributed by atoms with Gasteiger partial charge < -0.3 is 37.2 Å². The summed E-state index contributed by atoms with van der Waals surface area (Å²) in [5.74, 6) is -2.07. The lowest BCUT2D eigenvalue weighted by Gasteiger charge is -2.34. The van der Waals surface area contributed by atoms with Gasteiger partial charge in [-0.1, -0.05) is 66.2 Å². The lowest BCUT2D eigenvalue weighted by Crippen LogP contribution is -2.63. The number of carbonyl (C=O) groups excluding carboxylic acids is 5. The summed E-state index contributed by atoms with van der Waals surface area (Å²) in [5, 5.41) is 28.2. The summed E-state index contributed by atoms with van der Waals surface area (Å²) in [7, 11) is 0. The van der Waals surface area contributed by atoms with Crippen LogP contribution in [0.3, 0.4) is 0 Å². The van der Waals surface area contributed by atoms with Crippen molar-refractivity contribution < 1.29 is 24.0 Å². The Kier molecular flexibility index (Phi) is 16.1. The maximum atomic E-state index is 13.8. The summed E-state index contributed by atoms with van der Waals surface area (Å²) >= 11 is 0. The van der Waals surface area contributed by atoms with Crippen LogP contribution >= 0.6 is 0 Å². The molecule has 1 aliphatic carbocycles. The summed E-state index contributed by atoms with van der Waals surface area (Å²) in [6, 6.07) is -2.67. The molecule has 2 aliphatic rings. The summed E-state index contributed by atoms with van der Waals surface area (Å²) in [6.07, 6.45) is 8.88. The molecule has 4 atom stereocenters. The molecule has 0 spiro atoms. The largest absolute Gasteiger partial charge is 0.357 e. The Labute approximate surface area is 268 Å². The zero-order valence-electron chi connectivity index (χ0n) is 28.0. The molecule has 1 saturated carbocycles. The summed E-state index contributed by atoms with van der Waals surface area (Å²) in [6.45, 7) is 10.1. The fourth-order valence-electron chi connectivity index (χ4n) is 5.65. The molecule has 0 radical (unpaired) electrons. The Hall–Kier alpha value is -3.38. The van der Waals surface area contributed by atoms with Gasteiger partial charge in [0.15, 0.2) is 5.96 Å². The number of hydrogen-bond donors (Lipinski definition) is 8. The summed E-state index contributed by atoms with van der Waals surface area (Å²) < 4.78 is 0. The van der Waals surface area contributed by atoms with E-state index in [0.717, 1.165) is 38.5 Å². The zero-order chi connectivity index (χ0) is 33.4. The Balaban J connectivity index is 2.29. The lowest BCUT2D eigenvalue weighted by atomic mass is 9.84. The minimum absolute atomic E-state index is 0.0845. The standard InChI is InChI=1S/C32H58N8O5/c1-6-8-17-35-31(33)36-18-12-15-24-29(44)37-23(7-2)28(43)38-25(20-22-13-10-9-11-14-22)27(42)34-19-16-32(5,30(45)39-24)40-26(41)21(3)4/h21-25H,6-20H2,1-5H3,(H,34,42)(H,37,44)(H,38,43)(H,39,45)(H,40,41)(H3,33,35,36)/t23-,24-,25+,32+/m0/s1. The second-order valence-corrected chi connectivity index (χ2v) is 13.0. The van der Waals surface area contributed by atoms with Gasteiger partial charge in [-0.15, -0.1) is 0 Å². The Morgan fingerprint density at radius 3 is 2.13 bits per heavy atom. The molecule has 0 bridgehead atoms. The maximum absolute atomic E-state index is 13.8. The van der Waals surface area contributed by atoms with Crippen LogP contribution in [0, 0.1) is 17.2 Å². The average Bonchev–Trinajstić information content (AvgIpc) is 3.00. The van der Waals surface area contributed by atoms with Crippen LogP contribution in [0.4, 0.5) is 0 Å². The van der Waals surface area contributed by atoms with E-state index in [1.54, 1.807) is 27.7 Å². The normalized spacial score (nSPS) is 25.7. The fraction of sp³-hybridized carbons (Fsp3) is 0.812. The first-order valence-electron chi connectivity index (χ1n) is 17.0. The molecule has 8 N–H and O–H groups in total. The van der Waals surface area contributed by atoms with Gasteiger partial charge in [-0.25, -0.2) is 0 Å². The lowest BCUT2D eigenvalue weighted by molar-refractivity contribution is -0.138. The van der Waals surface area contributed by atoms with Crippen molar-refractivity contribution >= 4 is 35.5 Å². The van der Waals surface area contributed by atoms with Gasteiger partial charge in [0.05, 0.1) is 0 Å². The number of nitrogens with one attached hydrogen (secondary N) is 8. The topological polar surface area (TPSA) is 193 Å². The smallest absolute Gasteiger partial charge is 0.246 e. The van der Waals surface area contributed by atoms with E-state index in [-0.39, 0.29) is 43.1 Å². The van der Waals surface area contributed by atoms with Crippen LogP contribution in [-0.2, 0) is 24.0 Å². The van der Waals surface area contributed by atoms with E-state index in [2.05, 4.69) is 44.1 Å². The number of amides is 5. The number of guanidine groups is 1. The van der Waals surface area contributed by atoms with Crippen LogP contribution < -0.4 is 37.2 Å². The predicted molar refractivity (Wildman–Crippen MR) is 174 cm³/mol. The molecular formula is C32H58N8O5. The second kappa shape index (κ2) is 19.2. The van der Waals surface area contributed by atoms with Crippen LogP contribution in [0.1, 0.15) is 112 Å². The molecule has 0 unspecified atom stereocenters. The van der Waals surface area contributed by atoms with Gasteiger partial charge in [0.1, 0.15) is 23.7 Å². The van der Waals surface area contributed by atoms with Gasteiger partial charge in [-0.3, -0.25) is 29.4 Å². The van der Waals surface area contributed by atoms with Crippen molar-refractivity contribution in [1.82, 2.24) is 37.2 Å². The molecular weight excluding hydrogens is 576 g/mol. The highest BCUT2D eigenvalue weighted by Gasteiger charge is 2.39. The highest BCUT2D eigenvalue weighted by Crippen LogP contribution is 2.27. The van der Waals surface area contributed by atoms with Crippen LogP contribution in [0.5, 0.6) is 0 Å². The van der Waals surface area contributed by atoms with Gasteiger partial charge in [0, 0.05) is 25.6 Å². The van der Waals surface area contributed by atoms with E-state index in [1.165, 1.54) is 6.42 Å². The van der Waals surface area contributed by atoms with E-state index in [4.69, 9.17) is 5.41 Å². The Morgan fingerprint density at radius 2 is 1.51 bits per heavy atom. The number of rotatable bonds is 12. The van der Waals surface area contributed by atoms with Gasteiger partial charge in [-0.2, -0.15) is 0 Å². The molecule has 2 fully saturated rings. The van der Waals surface area contributed by atoms with Gasteiger partial charge in [0.25, 0.3) is 0 Å². The van der Waals surface area contributed by atoms with E-state index in [0.29, 0.717) is 38.3 Å². The maximum Gasteiger partial charge on any atom is 0.246 e. The molecule has 5 amide bonds. The molecule has 256 valence electrons. The number of hydrogen-bond acceptors (Lipinski definition) is 6. The predicted octanol–water partition coefficient (Wildman–Crippen LogP) is 1.57. The Morgan fingerprint density at radius 1 is 0.889 bits per heavy atom. The molecule has 13 heteroatoms. The quantitative estimate of drug-likeness (QED) is 0.0907. The monoisotopic (exact) mass is 634 g/mol. The minimum Gasteiger partial charge on any atom is -0.357 e. The van der Waals surface area contributed by atoms with Crippen LogP contribution in [0.25, 0.3) is 0 Å². The number of unbranched alkanes of at least 4 members (excludes halogenated alkanes) is 1. The van der Waals surface area contributed by atoms with Gasteiger partial charge in [-0.05, 0) is 51.4 Å².